The zero-order valence-electron chi connectivity index (χ0n) is 23.6. The Balaban J connectivity index is 1.57. The lowest BCUT2D eigenvalue weighted by Gasteiger charge is -2.36. The Bertz CT molecular complexity index is 1400. The van der Waals surface area contributed by atoms with E-state index >= 15 is 0 Å². The average molecular weight is 516 g/mol. The highest BCUT2D eigenvalue weighted by Gasteiger charge is 2.37. The Labute approximate surface area is 222 Å². The van der Waals surface area contributed by atoms with Crippen LogP contribution in [0, 0.1) is 13.8 Å². The molecule has 0 spiro atoms. The summed E-state index contributed by atoms with van der Waals surface area (Å²) < 4.78 is 8.62. The number of nitrogens with zero attached hydrogens (tertiary/aromatic N) is 3. The SMILES string of the molecule is CCc1nc2c(C)cc(C)nc2n1Cc1cccc(C(O)c2cccc(CO[Si](C)(C)C(C)(C)C)c2)c1. The molecule has 0 aliphatic rings. The smallest absolute Gasteiger partial charge is 0.192 e. The van der Waals surface area contributed by atoms with Crippen LogP contribution in [0.15, 0.2) is 54.6 Å². The quantitative estimate of drug-likeness (QED) is 0.251. The van der Waals surface area contributed by atoms with Crippen molar-refractivity contribution in [1.29, 1.82) is 0 Å². The number of hydrogen-bond donors (Lipinski definition) is 1. The van der Waals surface area contributed by atoms with Crippen molar-refractivity contribution in [2.45, 2.75) is 85.4 Å². The van der Waals surface area contributed by atoms with Crippen LogP contribution in [0.5, 0.6) is 0 Å². The minimum Gasteiger partial charge on any atom is -0.413 e. The fourth-order valence-electron chi connectivity index (χ4n) is 4.45. The van der Waals surface area contributed by atoms with Gasteiger partial charge in [-0.05, 0) is 65.9 Å². The molecule has 5 nitrogen and oxygen atoms in total. The fraction of sp³-hybridized carbons (Fsp3) is 0.419. The second-order valence-electron chi connectivity index (χ2n) is 11.7. The van der Waals surface area contributed by atoms with E-state index in [0.717, 1.165) is 56.9 Å². The first kappa shape index (κ1) is 27.2. The van der Waals surface area contributed by atoms with E-state index < -0.39 is 14.4 Å². The molecule has 0 saturated carbocycles. The topological polar surface area (TPSA) is 60.2 Å². The lowest BCUT2D eigenvalue weighted by atomic mass is 9.98. The van der Waals surface area contributed by atoms with Crippen molar-refractivity contribution in [2.75, 3.05) is 0 Å². The molecule has 2 aromatic heterocycles. The normalized spacial score (nSPS) is 13.3. The van der Waals surface area contributed by atoms with Gasteiger partial charge in [0.15, 0.2) is 14.0 Å². The van der Waals surface area contributed by atoms with Crippen LogP contribution in [0.1, 0.15) is 73.1 Å². The number of aryl methyl sites for hydroxylation is 3. The molecule has 1 atom stereocenters. The predicted octanol–water partition coefficient (Wildman–Crippen LogP) is 7.26. The van der Waals surface area contributed by atoms with E-state index in [2.05, 4.69) is 82.6 Å². The van der Waals surface area contributed by atoms with Crippen LogP contribution < -0.4 is 0 Å². The third-order valence-corrected chi connectivity index (χ3v) is 12.2. The van der Waals surface area contributed by atoms with Gasteiger partial charge in [0.2, 0.25) is 0 Å². The second-order valence-corrected chi connectivity index (χ2v) is 16.5. The first-order valence-corrected chi connectivity index (χ1v) is 16.1. The maximum atomic E-state index is 11.3. The second kappa shape index (κ2) is 10.5. The standard InChI is InChI=1S/C31H41N3O2Si/c1-9-27-33-28-21(2)16-22(3)32-30(28)34(27)19-23-12-10-14-25(17-23)29(35)26-15-11-13-24(18-26)20-36-37(7,8)31(4,5)6/h10-18,29,35H,9,19-20H2,1-8H3. The average Bonchev–Trinajstić information content (AvgIpc) is 3.19. The molecule has 6 heteroatoms. The number of fused-ring (bicyclic) bond motifs is 1. The van der Waals surface area contributed by atoms with Crippen molar-refractivity contribution in [2.24, 2.45) is 0 Å². The molecule has 0 radical (unpaired) electrons. The minimum atomic E-state index is -1.84. The summed E-state index contributed by atoms with van der Waals surface area (Å²) in [5, 5.41) is 11.5. The van der Waals surface area contributed by atoms with Crippen molar-refractivity contribution in [1.82, 2.24) is 14.5 Å². The molecule has 4 aromatic rings. The van der Waals surface area contributed by atoms with Crippen LogP contribution in [0.4, 0.5) is 0 Å². The summed E-state index contributed by atoms with van der Waals surface area (Å²) in [5.74, 6) is 1.02. The first-order valence-electron chi connectivity index (χ1n) is 13.2. The van der Waals surface area contributed by atoms with Gasteiger partial charge in [0.1, 0.15) is 17.4 Å². The van der Waals surface area contributed by atoms with Crippen LogP contribution in [0.25, 0.3) is 11.2 Å². The maximum absolute atomic E-state index is 11.3. The van der Waals surface area contributed by atoms with Crippen molar-refractivity contribution >= 4 is 19.5 Å². The fourth-order valence-corrected chi connectivity index (χ4v) is 5.41. The summed E-state index contributed by atoms with van der Waals surface area (Å²) in [6.45, 7) is 18.8. The van der Waals surface area contributed by atoms with Crippen LogP contribution >= 0.6 is 0 Å². The number of aromatic nitrogens is 3. The summed E-state index contributed by atoms with van der Waals surface area (Å²) in [6, 6.07) is 18.4. The summed E-state index contributed by atoms with van der Waals surface area (Å²) in [4.78, 5) is 9.68. The van der Waals surface area contributed by atoms with E-state index in [1.54, 1.807) is 0 Å². The van der Waals surface area contributed by atoms with Gasteiger partial charge in [-0.25, -0.2) is 9.97 Å². The van der Waals surface area contributed by atoms with Gasteiger partial charge in [-0.3, -0.25) is 0 Å². The summed E-state index contributed by atoms with van der Waals surface area (Å²) in [7, 11) is -1.84. The van der Waals surface area contributed by atoms with E-state index in [4.69, 9.17) is 14.4 Å². The molecular formula is C31H41N3O2Si. The van der Waals surface area contributed by atoms with E-state index in [0.29, 0.717) is 13.2 Å². The molecule has 2 heterocycles. The number of aliphatic hydroxyl groups excluding tert-OH is 1. The first-order chi connectivity index (χ1) is 17.4. The van der Waals surface area contributed by atoms with Crippen LogP contribution in [-0.4, -0.2) is 28.0 Å². The molecule has 2 aromatic carbocycles. The molecular weight excluding hydrogens is 474 g/mol. The number of aliphatic hydroxyl groups is 1. The Morgan fingerprint density at radius 1 is 0.946 bits per heavy atom. The van der Waals surface area contributed by atoms with Crippen LogP contribution in [0.2, 0.25) is 18.1 Å². The van der Waals surface area contributed by atoms with E-state index in [1.165, 1.54) is 0 Å². The van der Waals surface area contributed by atoms with E-state index in [1.807, 2.05) is 31.2 Å². The monoisotopic (exact) mass is 515 g/mol. The largest absolute Gasteiger partial charge is 0.413 e. The Hall–Kier alpha value is -2.80. The number of benzene rings is 2. The molecule has 37 heavy (non-hydrogen) atoms. The summed E-state index contributed by atoms with van der Waals surface area (Å²) >= 11 is 0. The number of rotatable bonds is 8. The molecule has 0 aliphatic carbocycles. The molecule has 0 bridgehead atoms. The summed E-state index contributed by atoms with van der Waals surface area (Å²) in [6.07, 6.45) is 0.126. The van der Waals surface area contributed by atoms with Crippen molar-refractivity contribution in [3.05, 3.63) is 93.9 Å². The van der Waals surface area contributed by atoms with Gasteiger partial charge in [0.05, 0.1) is 13.2 Å². The number of imidazole rings is 1. The Kier molecular flexibility index (Phi) is 7.74. The van der Waals surface area contributed by atoms with Crippen molar-refractivity contribution < 1.29 is 9.53 Å². The molecule has 1 unspecified atom stereocenters. The Morgan fingerprint density at radius 3 is 2.19 bits per heavy atom. The van der Waals surface area contributed by atoms with E-state index in [-0.39, 0.29) is 5.04 Å². The molecule has 0 amide bonds. The van der Waals surface area contributed by atoms with Gasteiger partial charge in [0, 0.05) is 12.1 Å². The number of hydrogen-bond acceptors (Lipinski definition) is 4. The van der Waals surface area contributed by atoms with Gasteiger partial charge in [-0.15, -0.1) is 0 Å². The molecule has 0 fully saturated rings. The van der Waals surface area contributed by atoms with Gasteiger partial charge >= 0.3 is 0 Å². The minimum absolute atomic E-state index is 0.162. The lowest BCUT2D eigenvalue weighted by Crippen LogP contribution is -2.40. The van der Waals surface area contributed by atoms with Gasteiger partial charge in [-0.2, -0.15) is 0 Å². The highest BCUT2D eigenvalue weighted by molar-refractivity contribution is 6.74. The summed E-state index contributed by atoms with van der Waals surface area (Å²) in [5.41, 5.74) is 8.00. The van der Waals surface area contributed by atoms with Crippen molar-refractivity contribution in [3.63, 3.8) is 0 Å². The molecule has 0 saturated heterocycles. The highest BCUT2D eigenvalue weighted by atomic mass is 28.4. The highest BCUT2D eigenvalue weighted by Crippen LogP contribution is 2.37. The molecule has 4 rings (SSSR count). The number of pyridine rings is 1. The van der Waals surface area contributed by atoms with Gasteiger partial charge < -0.3 is 14.1 Å². The molecule has 196 valence electrons. The Morgan fingerprint density at radius 2 is 1.57 bits per heavy atom. The van der Waals surface area contributed by atoms with Gasteiger partial charge in [0.25, 0.3) is 0 Å². The zero-order chi connectivity index (χ0) is 27.0. The van der Waals surface area contributed by atoms with E-state index in [9.17, 15) is 5.11 Å². The lowest BCUT2D eigenvalue weighted by molar-refractivity contribution is 0.219. The van der Waals surface area contributed by atoms with Crippen LogP contribution in [0.3, 0.4) is 0 Å². The maximum Gasteiger partial charge on any atom is 0.192 e. The van der Waals surface area contributed by atoms with Crippen LogP contribution in [-0.2, 0) is 24.0 Å². The molecule has 1 N–H and O–H groups in total. The van der Waals surface area contributed by atoms with Gasteiger partial charge in [-0.1, -0.05) is 76.2 Å². The third kappa shape index (κ3) is 5.87. The molecule has 0 aliphatic heterocycles. The zero-order valence-corrected chi connectivity index (χ0v) is 24.6. The third-order valence-electron chi connectivity index (χ3n) is 7.70. The van der Waals surface area contributed by atoms with Crippen molar-refractivity contribution in [3.8, 4) is 0 Å². The predicted molar refractivity (Wildman–Crippen MR) is 154 cm³/mol.